The lowest BCUT2D eigenvalue weighted by atomic mass is 9.97. The van der Waals surface area contributed by atoms with E-state index in [2.05, 4.69) is 20.7 Å². The molecule has 1 fully saturated rings. The quantitative estimate of drug-likeness (QED) is 0.746. The van der Waals surface area contributed by atoms with Crippen molar-refractivity contribution in [1.82, 2.24) is 20.1 Å². The summed E-state index contributed by atoms with van der Waals surface area (Å²) in [7, 11) is 1.84. The van der Waals surface area contributed by atoms with Gasteiger partial charge in [0.05, 0.1) is 6.20 Å². The molecule has 140 valence electrons. The summed E-state index contributed by atoms with van der Waals surface area (Å²) in [6.07, 6.45) is 5.14. The molecular formula is C20H22FN5O. The zero-order chi connectivity index (χ0) is 19.0. The van der Waals surface area contributed by atoms with Gasteiger partial charge in [0.2, 0.25) is 5.91 Å². The van der Waals surface area contributed by atoms with Crippen molar-refractivity contribution >= 4 is 22.5 Å². The Morgan fingerprint density at radius 3 is 2.74 bits per heavy atom. The second-order valence-electron chi connectivity index (χ2n) is 7.04. The summed E-state index contributed by atoms with van der Waals surface area (Å²) in [6.45, 7) is 3.43. The molecule has 0 unspecified atom stereocenters. The molecule has 2 aromatic heterocycles. The number of amides is 1. The molecule has 0 atom stereocenters. The molecule has 0 radical (unpaired) electrons. The molecule has 1 saturated heterocycles. The fourth-order valence-electron chi connectivity index (χ4n) is 3.58. The van der Waals surface area contributed by atoms with Crippen LogP contribution >= 0.6 is 0 Å². The number of hydrogen-bond donors (Lipinski definition) is 2. The van der Waals surface area contributed by atoms with Crippen LogP contribution in [0.25, 0.3) is 21.9 Å². The van der Waals surface area contributed by atoms with E-state index in [4.69, 9.17) is 0 Å². The highest BCUT2D eigenvalue weighted by atomic mass is 19.1. The third-order valence-corrected chi connectivity index (χ3v) is 5.12. The Balaban J connectivity index is 1.71. The van der Waals surface area contributed by atoms with Crippen LogP contribution in [0.2, 0.25) is 0 Å². The number of hydrogen-bond acceptors (Lipinski definition) is 4. The van der Waals surface area contributed by atoms with E-state index in [1.54, 1.807) is 16.9 Å². The van der Waals surface area contributed by atoms with Crippen LogP contribution in [0, 0.1) is 18.7 Å². The lowest BCUT2D eigenvalue weighted by molar-refractivity contribution is -0.120. The van der Waals surface area contributed by atoms with E-state index in [0.717, 1.165) is 42.4 Å². The highest BCUT2D eigenvalue weighted by molar-refractivity contribution is 5.96. The number of carbonyl (C=O) groups is 1. The van der Waals surface area contributed by atoms with Gasteiger partial charge in [-0.05, 0) is 44.5 Å². The first-order valence-electron chi connectivity index (χ1n) is 9.13. The predicted molar refractivity (Wildman–Crippen MR) is 103 cm³/mol. The number of fused-ring (bicyclic) bond motifs is 1. The lowest BCUT2D eigenvalue weighted by Gasteiger charge is -2.22. The predicted octanol–water partition coefficient (Wildman–Crippen LogP) is 3.02. The van der Waals surface area contributed by atoms with Gasteiger partial charge in [-0.2, -0.15) is 5.10 Å². The van der Waals surface area contributed by atoms with Crippen molar-refractivity contribution < 1.29 is 9.18 Å². The van der Waals surface area contributed by atoms with Crippen LogP contribution in [0.5, 0.6) is 0 Å². The number of anilines is 1. The van der Waals surface area contributed by atoms with Crippen LogP contribution in [-0.4, -0.2) is 33.8 Å². The van der Waals surface area contributed by atoms with E-state index in [-0.39, 0.29) is 17.6 Å². The molecule has 2 N–H and O–H groups in total. The Kier molecular flexibility index (Phi) is 4.61. The van der Waals surface area contributed by atoms with Crippen molar-refractivity contribution in [1.29, 1.82) is 0 Å². The first-order chi connectivity index (χ1) is 13.0. The van der Waals surface area contributed by atoms with Gasteiger partial charge in [-0.3, -0.25) is 9.48 Å². The average molecular weight is 367 g/mol. The Morgan fingerprint density at radius 1 is 1.26 bits per heavy atom. The Morgan fingerprint density at radius 2 is 2.04 bits per heavy atom. The van der Waals surface area contributed by atoms with E-state index < -0.39 is 5.82 Å². The van der Waals surface area contributed by atoms with Crippen molar-refractivity contribution in [3.8, 4) is 11.1 Å². The van der Waals surface area contributed by atoms with E-state index >= 15 is 4.39 Å². The third-order valence-electron chi connectivity index (χ3n) is 5.12. The molecule has 0 spiro atoms. The number of aryl methyl sites for hydroxylation is 2. The van der Waals surface area contributed by atoms with Gasteiger partial charge in [0.15, 0.2) is 11.6 Å². The van der Waals surface area contributed by atoms with Gasteiger partial charge >= 0.3 is 0 Å². The summed E-state index contributed by atoms with van der Waals surface area (Å²) < 4.78 is 16.9. The highest BCUT2D eigenvalue weighted by Gasteiger charge is 2.23. The molecule has 27 heavy (non-hydrogen) atoms. The second kappa shape index (κ2) is 7.08. The van der Waals surface area contributed by atoms with Crippen LogP contribution < -0.4 is 10.6 Å². The van der Waals surface area contributed by atoms with Gasteiger partial charge in [0.25, 0.3) is 0 Å². The van der Waals surface area contributed by atoms with E-state index in [9.17, 15) is 4.79 Å². The van der Waals surface area contributed by atoms with Crippen molar-refractivity contribution in [2.45, 2.75) is 19.8 Å². The number of carbonyl (C=O) groups excluding carboxylic acids is 1. The van der Waals surface area contributed by atoms with E-state index in [1.165, 1.54) is 0 Å². The zero-order valence-electron chi connectivity index (χ0n) is 15.4. The Labute approximate surface area is 156 Å². The summed E-state index contributed by atoms with van der Waals surface area (Å²) in [6, 6.07) is 5.58. The van der Waals surface area contributed by atoms with Gasteiger partial charge in [-0.1, -0.05) is 12.1 Å². The molecule has 0 bridgehead atoms. The van der Waals surface area contributed by atoms with Crippen molar-refractivity contribution in [3.05, 3.63) is 42.1 Å². The maximum Gasteiger partial charge on any atom is 0.228 e. The maximum absolute atomic E-state index is 15.2. The first-order valence-corrected chi connectivity index (χ1v) is 9.13. The smallest absolute Gasteiger partial charge is 0.228 e. The summed E-state index contributed by atoms with van der Waals surface area (Å²) in [5, 5.41) is 11.3. The molecule has 1 aliphatic heterocycles. The van der Waals surface area contributed by atoms with Crippen LogP contribution in [0.15, 0.2) is 30.6 Å². The lowest BCUT2D eigenvalue weighted by Crippen LogP contribution is -2.35. The van der Waals surface area contributed by atoms with Gasteiger partial charge in [-0.25, -0.2) is 9.37 Å². The minimum atomic E-state index is -0.497. The van der Waals surface area contributed by atoms with E-state index in [0.29, 0.717) is 11.1 Å². The van der Waals surface area contributed by atoms with Crippen molar-refractivity contribution in [2.75, 3.05) is 18.4 Å². The monoisotopic (exact) mass is 367 g/mol. The molecule has 7 heteroatoms. The SMILES string of the molecule is Cc1nc(NC(=O)C2CCNCC2)c(F)c2cc(-c3cnn(C)c3)ccc12. The maximum atomic E-state index is 15.2. The molecular weight excluding hydrogens is 345 g/mol. The van der Waals surface area contributed by atoms with Gasteiger partial charge < -0.3 is 10.6 Å². The number of nitrogens with zero attached hydrogens (tertiary/aromatic N) is 3. The number of benzene rings is 1. The Bertz CT molecular complexity index is 1010. The van der Waals surface area contributed by atoms with Gasteiger partial charge in [0, 0.05) is 41.2 Å². The molecule has 1 aliphatic rings. The summed E-state index contributed by atoms with van der Waals surface area (Å²) in [5.41, 5.74) is 2.47. The Hall–Kier alpha value is -2.80. The molecule has 1 aromatic carbocycles. The topological polar surface area (TPSA) is 71.8 Å². The first kappa shape index (κ1) is 17.6. The van der Waals surface area contributed by atoms with Gasteiger partial charge in [-0.15, -0.1) is 0 Å². The molecule has 6 nitrogen and oxygen atoms in total. The normalized spacial score (nSPS) is 15.2. The molecule has 0 aliphatic carbocycles. The fourth-order valence-corrected chi connectivity index (χ4v) is 3.58. The fraction of sp³-hybridized carbons (Fsp3) is 0.350. The zero-order valence-corrected chi connectivity index (χ0v) is 15.4. The van der Waals surface area contributed by atoms with Crippen molar-refractivity contribution in [3.63, 3.8) is 0 Å². The van der Waals surface area contributed by atoms with Crippen LogP contribution in [-0.2, 0) is 11.8 Å². The molecule has 4 rings (SSSR count). The largest absolute Gasteiger partial charge is 0.317 e. The number of pyridine rings is 1. The molecule has 3 heterocycles. The van der Waals surface area contributed by atoms with Crippen LogP contribution in [0.1, 0.15) is 18.5 Å². The minimum Gasteiger partial charge on any atom is -0.317 e. The number of halogens is 1. The van der Waals surface area contributed by atoms with Crippen LogP contribution in [0.4, 0.5) is 10.2 Å². The van der Waals surface area contributed by atoms with Gasteiger partial charge in [0.1, 0.15) is 0 Å². The second-order valence-corrected chi connectivity index (χ2v) is 7.04. The summed E-state index contributed by atoms with van der Waals surface area (Å²) >= 11 is 0. The summed E-state index contributed by atoms with van der Waals surface area (Å²) in [5.74, 6) is -0.759. The number of nitrogens with one attached hydrogen (secondary N) is 2. The average Bonchev–Trinajstić information content (AvgIpc) is 3.12. The minimum absolute atomic E-state index is 0.00636. The van der Waals surface area contributed by atoms with E-state index in [1.807, 2.05) is 32.3 Å². The third kappa shape index (κ3) is 3.42. The standard InChI is InChI=1S/C20H22FN5O/c1-12-16-4-3-14(15-10-23-26(2)11-15)9-17(16)18(21)19(24-12)25-20(27)13-5-7-22-8-6-13/h3-4,9-11,13,22H,5-8H2,1-2H3,(H,24,25,27). The van der Waals surface area contributed by atoms with Crippen molar-refractivity contribution in [2.24, 2.45) is 13.0 Å². The molecule has 1 amide bonds. The molecule has 0 saturated carbocycles. The highest BCUT2D eigenvalue weighted by Crippen LogP contribution is 2.30. The number of aromatic nitrogens is 3. The summed E-state index contributed by atoms with van der Waals surface area (Å²) in [4.78, 5) is 16.8. The van der Waals surface area contributed by atoms with Crippen LogP contribution in [0.3, 0.4) is 0 Å². The number of rotatable bonds is 3. The number of piperidine rings is 1. The molecule has 3 aromatic rings.